The second kappa shape index (κ2) is 8.12. The molecule has 0 radical (unpaired) electrons. The second-order valence-electron chi connectivity index (χ2n) is 5.72. The molecule has 6 nitrogen and oxygen atoms in total. The Hall–Kier alpha value is -1.63. The molecule has 0 amide bonds. The Bertz CT molecular complexity index is 513. The van der Waals surface area contributed by atoms with Crippen molar-refractivity contribution in [3.63, 3.8) is 0 Å². The summed E-state index contributed by atoms with van der Waals surface area (Å²) in [5.41, 5.74) is 9.22. The first-order chi connectivity index (χ1) is 10.5. The van der Waals surface area contributed by atoms with Gasteiger partial charge in [0.15, 0.2) is 5.96 Å². The Kier molecular flexibility index (Phi) is 6.18. The van der Waals surface area contributed by atoms with Gasteiger partial charge >= 0.3 is 0 Å². The molecule has 1 unspecified atom stereocenters. The summed E-state index contributed by atoms with van der Waals surface area (Å²) in [6.45, 7) is 8.19. The Morgan fingerprint density at radius 3 is 2.77 bits per heavy atom. The molecule has 2 rings (SSSR count). The lowest BCUT2D eigenvalue weighted by Gasteiger charge is -2.28. The van der Waals surface area contributed by atoms with E-state index in [0.29, 0.717) is 19.0 Å². The molecule has 1 aliphatic rings. The largest absolute Gasteiger partial charge is 0.390 e. The maximum atomic E-state index is 10.0. The summed E-state index contributed by atoms with van der Waals surface area (Å²) >= 11 is 0. The van der Waals surface area contributed by atoms with Gasteiger partial charge < -0.3 is 20.9 Å². The van der Waals surface area contributed by atoms with E-state index in [9.17, 15) is 5.11 Å². The van der Waals surface area contributed by atoms with E-state index in [4.69, 9.17) is 10.5 Å². The second-order valence-corrected chi connectivity index (χ2v) is 5.72. The molecule has 1 fully saturated rings. The van der Waals surface area contributed by atoms with E-state index in [2.05, 4.69) is 29.1 Å². The van der Waals surface area contributed by atoms with E-state index in [-0.39, 0.29) is 0 Å². The highest BCUT2D eigenvalue weighted by atomic mass is 16.5. The molecule has 0 aromatic heterocycles. The first kappa shape index (κ1) is 16.7. The topological polar surface area (TPSA) is 83.1 Å². The molecule has 122 valence electrons. The summed E-state index contributed by atoms with van der Waals surface area (Å²) in [6, 6.07) is 6.04. The Balaban J connectivity index is 1.79. The summed E-state index contributed by atoms with van der Waals surface area (Å²) < 4.78 is 5.28. The van der Waals surface area contributed by atoms with Crippen molar-refractivity contribution >= 4 is 11.6 Å². The van der Waals surface area contributed by atoms with Gasteiger partial charge in [0.1, 0.15) is 0 Å². The van der Waals surface area contributed by atoms with E-state index in [0.717, 1.165) is 32.0 Å². The van der Waals surface area contributed by atoms with Crippen molar-refractivity contribution < 1.29 is 9.84 Å². The lowest BCUT2D eigenvalue weighted by Crippen LogP contribution is -2.42. The summed E-state index contributed by atoms with van der Waals surface area (Å²) in [7, 11) is 0. The maximum absolute atomic E-state index is 10.0. The highest BCUT2D eigenvalue weighted by Crippen LogP contribution is 2.13. The number of aliphatic hydroxyl groups excluding tert-OH is 1. The molecule has 4 N–H and O–H groups in total. The molecule has 22 heavy (non-hydrogen) atoms. The minimum absolute atomic E-state index is 0.293. The maximum Gasteiger partial charge on any atom is 0.193 e. The van der Waals surface area contributed by atoms with Crippen LogP contribution in [-0.4, -0.2) is 61.5 Å². The summed E-state index contributed by atoms with van der Waals surface area (Å²) in [6.07, 6.45) is -0.516. The normalized spacial score (nSPS) is 18.2. The zero-order chi connectivity index (χ0) is 15.9. The molecule has 1 aromatic rings. The van der Waals surface area contributed by atoms with Crippen LogP contribution in [0.15, 0.2) is 23.2 Å². The van der Waals surface area contributed by atoms with Crippen LogP contribution in [0, 0.1) is 13.8 Å². The molecule has 1 aliphatic heterocycles. The number of guanidine groups is 1. The molecule has 1 aromatic carbocycles. The molecule has 1 heterocycles. The van der Waals surface area contributed by atoms with E-state index in [1.54, 1.807) is 0 Å². The number of benzene rings is 1. The SMILES string of the molecule is Cc1ccc(NC(N)=NCC(O)CN2CCOCC2)cc1C. The van der Waals surface area contributed by atoms with Crippen molar-refractivity contribution in [1.29, 1.82) is 0 Å². The van der Waals surface area contributed by atoms with Gasteiger partial charge in [-0.1, -0.05) is 6.07 Å². The van der Waals surface area contributed by atoms with Crippen LogP contribution < -0.4 is 11.1 Å². The monoisotopic (exact) mass is 306 g/mol. The molecule has 1 atom stereocenters. The van der Waals surface area contributed by atoms with Gasteiger partial charge in [-0.2, -0.15) is 0 Å². The fraction of sp³-hybridized carbons (Fsp3) is 0.562. The zero-order valence-corrected chi connectivity index (χ0v) is 13.4. The Morgan fingerprint density at radius 2 is 2.09 bits per heavy atom. The first-order valence-corrected chi connectivity index (χ1v) is 7.67. The van der Waals surface area contributed by atoms with E-state index in [1.807, 2.05) is 18.2 Å². The number of nitrogens with zero attached hydrogens (tertiary/aromatic N) is 2. The number of rotatable bonds is 5. The Labute approximate surface area is 132 Å². The van der Waals surface area contributed by atoms with Crippen LogP contribution >= 0.6 is 0 Å². The lowest BCUT2D eigenvalue weighted by molar-refractivity contribution is 0.0165. The van der Waals surface area contributed by atoms with Crippen LogP contribution in [-0.2, 0) is 4.74 Å². The van der Waals surface area contributed by atoms with E-state index in [1.165, 1.54) is 11.1 Å². The highest BCUT2D eigenvalue weighted by Gasteiger charge is 2.14. The Morgan fingerprint density at radius 1 is 1.36 bits per heavy atom. The van der Waals surface area contributed by atoms with Gasteiger partial charge in [0.25, 0.3) is 0 Å². The summed E-state index contributed by atoms with van der Waals surface area (Å²) in [4.78, 5) is 6.39. The van der Waals surface area contributed by atoms with Gasteiger partial charge in [0.2, 0.25) is 0 Å². The number of nitrogens with one attached hydrogen (secondary N) is 1. The minimum Gasteiger partial charge on any atom is -0.390 e. The fourth-order valence-electron chi connectivity index (χ4n) is 2.35. The van der Waals surface area contributed by atoms with Crippen molar-refractivity contribution in [3.05, 3.63) is 29.3 Å². The smallest absolute Gasteiger partial charge is 0.193 e. The molecule has 0 spiro atoms. The van der Waals surface area contributed by atoms with Crippen LogP contribution in [0.3, 0.4) is 0 Å². The first-order valence-electron chi connectivity index (χ1n) is 7.67. The molecule has 0 bridgehead atoms. The molecule has 0 aliphatic carbocycles. The average Bonchev–Trinajstić information content (AvgIpc) is 2.50. The predicted molar refractivity (Wildman–Crippen MR) is 89.3 cm³/mol. The van der Waals surface area contributed by atoms with Crippen LogP contribution in [0.5, 0.6) is 0 Å². The summed E-state index contributed by atoms with van der Waals surface area (Å²) in [5, 5.41) is 13.1. The van der Waals surface area contributed by atoms with Crippen molar-refractivity contribution in [3.8, 4) is 0 Å². The van der Waals surface area contributed by atoms with Gasteiger partial charge in [-0.3, -0.25) is 9.89 Å². The number of β-amino-alcohol motifs (C(OH)–C–C–N with tert-alkyl or cyclic N) is 1. The third kappa shape index (κ3) is 5.29. The molecular formula is C16H26N4O2. The number of morpholine rings is 1. The van der Waals surface area contributed by atoms with Crippen molar-refractivity contribution in [2.24, 2.45) is 10.7 Å². The van der Waals surface area contributed by atoms with Gasteiger partial charge in [0.05, 0.1) is 25.9 Å². The fourth-order valence-corrected chi connectivity index (χ4v) is 2.35. The number of nitrogens with two attached hydrogens (primary N) is 1. The van der Waals surface area contributed by atoms with Crippen LogP contribution in [0.2, 0.25) is 0 Å². The highest BCUT2D eigenvalue weighted by molar-refractivity contribution is 5.92. The number of aliphatic imine (C=N–C) groups is 1. The number of aryl methyl sites for hydroxylation is 2. The van der Waals surface area contributed by atoms with Crippen LogP contribution in [0.4, 0.5) is 5.69 Å². The van der Waals surface area contributed by atoms with E-state index >= 15 is 0 Å². The molecule has 6 heteroatoms. The van der Waals surface area contributed by atoms with Crippen LogP contribution in [0.25, 0.3) is 0 Å². The molecular weight excluding hydrogens is 280 g/mol. The number of ether oxygens (including phenoxy) is 1. The number of aliphatic hydroxyl groups is 1. The quantitative estimate of drug-likeness (QED) is 0.551. The van der Waals surface area contributed by atoms with Gasteiger partial charge in [-0.15, -0.1) is 0 Å². The number of anilines is 1. The number of hydrogen-bond acceptors (Lipinski definition) is 4. The van der Waals surface area contributed by atoms with Gasteiger partial charge in [0, 0.05) is 25.3 Å². The average molecular weight is 306 g/mol. The van der Waals surface area contributed by atoms with Crippen molar-refractivity contribution in [2.75, 3.05) is 44.7 Å². The third-order valence-electron chi connectivity index (χ3n) is 3.82. The van der Waals surface area contributed by atoms with E-state index < -0.39 is 6.10 Å². The van der Waals surface area contributed by atoms with Crippen molar-refractivity contribution in [2.45, 2.75) is 20.0 Å². The third-order valence-corrected chi connectivity index (χ3v) is 3.82. The van der Waals surface area contributed by atoms with Crippen LogP contribution in [0.1, 0.15) is 11.1 Å². The zero-order valence-electron chi connectivity index (χ0n) is 13.4. The molecule has 1 saturated heterocycles. The minimum atomic E-state index is -0.516. The van der Waals surface area contributed by atoms with Gasteiger partial charge in [-0.05, 0) is 37.1 Å². The number of hydrogen-bond donors (Lipinski definition) is 3. The standard InChI is InChI=1S/C16H26N4O2/c1-12-3-4-14(9-13(12)2)19-16(17)18-10-15(21)11-20-5-7-22-8-6-20/h3-4,9,15,21H,5-8,10-11H2,1-2H3,(H3,17,18,19). The van der Waals surface area contributed by atoms with Crippen molar-refractivity contribution in [1.82, 2.24) is 4.90 Å². The predicted octanol–water partition coefficient (Wildman–Crippen LogP) is 0.723. The summed E-state index contributed by atoms with van der Waals surface area (Å²) in [5.74, 6) is 0.323. The van der Waals surface area contributed by atoms with Gasteiger partial charge in [-0.25, -0.2) is 0 Å². The molecule has 0 saturated carbocycles. The lowest BCUT2D eigenvalue weighted by atomic mass is 10.1.